The SMILES string of the molecule is Cc1c(CN2CCN(c3ccc(N4C[C@H](CN)OC4=O)cc3F)CC2)cc(-c2ccc(F)cc2F)n1-c1cc(F)ccc1Br. The highest BCUT2D eigenvalue weighted by molar-refractivity contribution is 9.10. The number of hydrogen-bond donors (Lipinski definition) is 1. The maximum Gasteiger partial charge on any atom is 0.414 e. The molecule has 3 aromatic carbocycles. The molecule has 0 radical (unpaired) electrons. The van der Waals surface area contributed by atoms with Gasteiger partial charge in [-0.3, -0.25) is 9.80 Å². The van der Waals surface area contributed by atoms with Gasteiger partial charge in [-0.25, -0.2) is 22.4 Å². The fourth-order valence-corrected chi connectivity index (χ4v) is 6.27. The van der Waals surface area contributed by atoms with Gasteiger partial charge in [0.2, 0.25) is 0 Å². The van der Waals surface area contributed by atoms with E-state index in [2.05, 4.69) is 20.8 Å². The van der Waals surface area contributed by atoms with E-state index >= 15 is 4.39 Å². The number of rotatable bonds is 7. The Labute approximate surface area is 260 Å². The van der Waals surface area contributed by atoms with Gasteiger partial charge in [0.05, 0.1) is 29.3 Å². The molecule has 2 N–H and O–H groups in total. The summed E-state index contributed by atoms with van der Waals surface area (Å²) >= 11 is 3.49. The molecule has 0 bridgehead atoms. The number of amides is 1. The van der Waals surface area contributed by atoms with Crippen molar-refractivity contribution < 1.29 is 27.1 Å². The van der Waals surface area contributed by atoms with Crippen LogP contribution in [0.25, 0.3) is 16.9 Å². The molecule has 1 aromatic heterocycles. The zero-order chi connectivity index (χ0) is 31.1. The van der Waals surface area contributed by atoms with Crippen molar-refractivity contribution in [3.63, 3.8) is 0 Å². The Morgan fingerprint density at radius 3 is 2.30 bits per heavy atom. The molecule has 4 aromatic rings. The molecule has 12 heteroatoms. The van der Waals surface area contributed by atoms with E-state index in [1.807, 2.05) is 17.9 Å². The van der Waals surface area contributed by atoms with Crippen molar-refractivity contribution in [2.45, 2.75) is 19.6 Å². The molecular weight excluding hydrogens is 642 g/mol. The van der Waals surface area contributed by atoms with Crippen LogP contribution in [0, 0.1) is 30.2 Å². The fraction of sp³-hybridized carbons (Fsp3) is 0.281. The average molecular weight is 673 g/mol. The summed E-state index contributed by atoms with van der Waals surface area (Å²) in [7, 11) is 0. The van der Waals surface area contributed by atoms with Gasteiger partial charge >= 0.3 is 6.09 Å². The molecule has 0 unspecified atom stereocenters. The summed E-state index contributed by atoms with van der Waals surface area (Å²) < 4.78 is 65.9. The van der Waals surface area contributed by atoms with Gasteiger partial charge in [0.1, 0.15) is 29.4 Å². The third kappa shape index (κ3) is 5.81. The number of aromatic nitrogens is 1. The number of carbonyl (C=O) groups is 1. The smallest absolute Gasteiger partial charge is 0.414 e. The summed E-state index contributed by atoms with van der Waals surface area (Å²) in [4.78, 5) is 17.7. The lowest BCUT2D eigenvalue weighted by Crippen LogP contribution is -2.46. The number of cyclic esters (lactones) is 1. The number of carbonyl (C=O) groups excluding carboxylic acids is 1. The molecule has 1 amide bonds. The molecule has 44 heavy (non-hydrogen) atoms. The highest BCUT2D eigenvalue weighted by atomic mass is 79.9. The summed E-state index contributed by atoms with van der Waals surface area (Å²) in [6.45, 7) is 5.27. The molecule has 1 atom stereocenters. The van der Waals surface area contributed by atoms with Crippen LogP contribution in [-0.4, -0.2) is 60.9 Å². The maximum absolute atomic E-state index is 15.2. The van der Waals surface area contributed by atoms with E-state index in [-0.39, 0.29) is 18.7 Å². The van der Waals surface area contributed by atoms with E-state index in [1.54, 1.807) is 22.8 Å². The molecule has 0 saturated carbocycles. The van der Waals surface area contributed by atoms with Gasteiger partial charge in [0, 0.05) is 61.1 Å². The van der Waals surface area contributed by atoms with Gasteiger partial charge < -0.3 is 19.9 Å². The van der Waals surface area contributed by atoms with E-state index in [1.165, 1.54) is 35.2 Å². The van der Waals surface area contributed by atoms with Crippen LogP contribution >= 0.6 is 15.9 Å². The summed E-state index contributed by atoms with van der Waals surface area (Å²) in [5, 5.41) is 0. The zero-order valence-electron chi connectivity index (χ0n) is 23.9. The van der Waals surface area contributed by atoms with Gasteiger partial charge in [0.15, 0.2) is 0 Å². The van der Waals surface area contributed by atoms with Crippen molar-refractivity contribution in [2.75, 3.05) is 49.1 Å². The van der Waals surface area contributed by atoms with Crippen molar-refractivity contribution in [1.29, 1.82) is 0 Å². The second-order valence-corrected chi connectivity index (χ2v) is 11.8. The van der Waals surface area contributed by atoms with E-state index in [9.17, 15) is 18.0 Å². The lowest BCUT2D eigenvalue weighted by atomic mass is 10.1. The second kappa shape index (κ2) is 12.3. The van der Waals surface area contributed by atoms with E-state index < -0.39 is 35.5 Å². The quantitative estimate of drug-likeness (QED) is 0.231. The molecule has 2 saturated heterocycles. The highest BCUT2D eigenvalue weighted by Gasteiger charge is 2.32. The number of hydrogen-bond acceptors (Lipinski definition) is 5. The van der Waals surface area contributed by atoms with Crippen molar-refractivity contribution >= 4 is 33.4 Å². The number of halogens is 5. The Morgan fingerprint density at radius 1 is 0.886 bits per heavy atom. The lowest BCUT2D eigenvalue weighted by molar-refractivity contribution is 0.145. The molecular formula is C32H30BrF4N5O2. The van der Waals surface area contributed by atoms with Crippen LogP contribution in [0.5, 0.6) is 0 Å². The van der Waals surface area contributed by atoms with Gasteiger partial charge in [-0.15, -0.1) is 0 Å². The number of piperazine rings is 1. The normalized spacial score (nSPS) is 17.4. The minimum absolute atomic E-state index is 0.196. The Bertz CT molecular complexity index is 1720. The number of benzene rings is 3. The van der Waals surface area contributed by atoms with E-state index in [4.69, 9.17) is 10.5 Å². The van der Waals surface area contributed by atoms with Crippen molar-refractivity contribution in [2.24, 2.45) is 5.73 Å². The van der Waals surface area contributed by atoms with Gasteiger partial charge in [-0.2, -0.15) is 0 Å². The minimum Gasteiger partial charge on any atom is -0.443 e. The predicted molar refractivity (Wildman–Crippen MR) is 164 cm³/mol. The molecule has 7 nitrogen and oxygen atoms in total. The third-order valence-corrected chi connectivity index (χ3v) is 8.87. The van der Waals surface area contributed by atoms with Crippen LogP contribution < -0.4 is 15.5 Å². The third-order valence-electron chi connectivity index (χ3n) is 8.19. The summed E-state index contributed by atoms with van der Waals surface area (Å²) in [6.07, 6.45) is -0.958. The Balaban J connectivity index is 1.21. The fourth-order valence-electron chi connectivity index (χ4n) is 5.84. The Hall–Kier alpha value is -3.87. The number of ether oxygens (including phenoxy) is 1. The monoisotopic (exact) mass is 671 g/mol. The number of anilines is 2. The summed E-state index contributed by atoms with van der Waals surface area (Å²) in [6, 6.07) is 14.3. The standard InChI is InChI=1S/C32H30BrF4N5O2/c1-19-20(12-30(25-5-2-21(34)13-27(25)36)42(19)31-14-22(35)3-6-26(31)33)17-39-8-10-40(11-9-39)29-7-4-23(15-28(29)37)41-18-24(16-38)44-32(41)43/h2-7,12-15,24H,8-11,16-18,38H2,1H3/t24-/m0/s1. The average Bonchev–Trinajstić information content (AvgIpc) is 3.53. The highest BCUT2D eigenvalue weighted by Crippen LogP contribution is 2.35. The second-order valence-electron chi connectivity index (χ2n) is 10.9. The molecule has 3 heterocycles. The molecule has 0 spiro atoms. The Kier molecular flexibility index (Phi) is 8.40. The summed E-state index contributed by atoms with van der Waals surface area (Å²) in [5.41, 5.74) is 9.33. The predicted octanol–water partition coefficient (Wildman–Crippen LogP) is 6.38. The van der Waals surface area contributed by atoms with Crippen molar-refractivity contribution in [1.82, 2.24) is 9.47 Å². The molecule has 2 fully saturated rings. The van der Waals surface area contributed by atoms with Gasteiger partial charge in [-0.1, -0.05) is 0 Å². The molecule has 0 aliphatic carbocycles. The molecule has 6 rings (SSSR count). The van der Waals surface area contributed by atoms with Crippen LogP contribution in [0.1, 0.15) is 11.3 Å². The first-order valence-corrected chi connectivity index (χ1v) is 15.0. The number of nitrogens with zero attached hydrogens (tertiary/aromatic N) is 4. The van der Waals surface area contributed by atoms with Crippen LogP contribution in [0.2, 0.25) is 0 Å². The number of nitrogens with two attached hydrogens (primary N) is 1. The van der Waals surface area contributed by atoms with E-state index in [0.29, 0.717) is 60.0 Å². The van der Waals surface area contributed by atoms with Crippen LogP contribution in [0.3, 0.4) is 0 Å². The van der Waals surface area contributed by atoms with Gasteiger partial charge in [0.25, 0.3) is 0 Å². The largest absolute Gasteiger partial charge is 0.443 e. The molecule has 230 valence electrons. The van der Waals surface area contributed by atoms with Gasteiger partial charge in [-0.05, 0) is 83.0 Å². The lowest BCUT2D eigenvalue weighted by Gasteiger charge is -2.36. The van der Waals surface area contributed by atoms with Crippen molar-refractivity contribution in [3.8, 4) is 16.9 Å². The summed E-state index contributed by atoms with van der Waals surface area (Å²) in [5.74, 6) is -2.28. The Morgan fingerprint density at radius 2 is 1.61 bits per heavy atom. The van der Waals surface area contributed by atoms with Crippen molar-refractivity contribution in [3.05, 3.63) is 99.7 Å². The first-order chi connectivity index (χ1) is 21.1. The molecule has 2 aliphatic heterocycles. The zero-order valence-corrected chi connectivity index (χ0v) is 25.5. The van der Waals surface area contributed by atoms with Crippen LogP contribution in [0.15, 0.2) is 65.1 Å². The molecule has 2 aliphatic rings. The topological polar surface area (TPSA) is 67.0 Å². The van der Waals surface area contributed by atoms with Crippen LogP contribution in [-0.2, 0) is 11.3 Å². The first kappa shape index (κ1) is 30.2. The maximum atomic E-state index is 15.2. The van der Waals surface area contributed by atoms with Crippen LogP contribution in [0.4, 0.5) is 33.7 Å². The first-order valence-electron chi connectivity index (χ1n) is 14.2. The minimum atomic E-state index is -0.717. The van der Waals surface area contributed by atoms with E-state index in [0.717, 1.165) is 17.3 Å².